The molecule has 6 N–H and O–H groups in total. The van der Waals surface area contributed by atoms with Crippen LogP contribution in [0, 0.1) is 92.7 Å². The Hall–Kier alpha value is -9.80. The van der Waals surface area contributed by atoms with Crippen molar-refractivity contribution >= 4 is 23.9 Å². The van der Waals surface area contributed by atoms with Crippen molar-refractivity contribution in [3.05, 3.63) is 246 Å². The number of carbonyl (C=O) groups is 4. The number of ether oxygens (including phenoxy) is 10. The van der Waals surface area contributed by atoms with Crippen molar-refractivity contribution in [2.45, 2.75) is 256 Å². The normalized spacial score (nSPS) is 34.7. The number of esters is 4. The molecule has 24 bridgehead atoms. The molecule has 17 aliphatic carbocycles. The van der Waals surface area contributed by atoms with Crippen LogP contribution in [0.5, 0.6) is 34.5 Å². The van der Waals surface area contributed by atoms with Crippen LogP contribution in [0.4, 0.5) is 0 Å². The molecule has 16 fully saturated rings. The predicted octanol–water partition coefficient (Wildman–Crippen LogP) is 22.0. The van der Waals surface area contributed by atoms with E-state index < -0.39 is 66.9 Å². The highest BCUT2D eigenvalue weighted by molar-refractivity contribution is 5.91. The highest BCUT2D eigenvalue weighted by Crippen LogP contribution is 2.70. The highest BCUT2D eigenvalue weighted by Gasteiger charge is 2.65. The molecule has 25 rings (SSSR count). The molecule has 20 heteroatoms. The Morgan fingerprint density at radius 2 is 0.591 bits per heavy atom. The van der Waals surface area contributed by atoms with E-state index in [1.165, 1.54) is 116 Å². The van der Waals surface area contributed by atoms with Gasteiger partial charge in [-0.25, -0.2) is 19.2 Å². The lowest BCUT2D eigenvalue weighted by Crippen LogP contribution is -2.61. The van der Waals surface area contributed by atoms with Gasteiger partial charge in [0.25, 0.3) is 0 Å². The fraction of sp³-hybridized carbons (Fsp3) is 0.556. The number of carbonyl (C=O) groups excluding carboxylic acids is 4. The molecule has 0 amide bonds. The Morgan fingerprint density at radius 3 is 0.883 bits per heavy atom. The van der Waals surface area contributed by atoms with Crippen molar-refractivity contribution in [1.82, 2.24) is 0 Å². The molecule has 726 valence electrons. The second-order valence-electron chi connectivity index (χ2n) is 46.8. The molecule has 16 saturated carbocycles. The Kier molecular flexibility index (Phi) is 24.2. The summed E-state index contributed by atoms with van der Waals surface area (Å²) in [5.41, 5.74) is 5.85. The smallest absolute Gasteiger partial charge is 0.338 e. The number of phenols is 4. The van der Waals surface area contributed by atoms with Crippen molar-refractivity contribution in [2.75, 3.05) is 60.5 Å². The third kappa shape index (κ3) is 16.8. The summed E-state index contributed by atoms with van der Waals surface area (Å²) < 4.78 is 65.0. The van der Waals surface area contributed by atoms with E-state index in [0.717, 1.165) is 51.4 Å². The molecule has 25 unspecified atom stereocenters. The number of phenolic OH excluding ortho intramolecular Hbond substituents is 4. The molecule has 0 spiro atoms. The van der Waals surface area contributed by atoms with E-state index in [0.29, 0.717) is 116 Å². The zero-order chi connectivity index (χ0) is 95.5. The van der Waals surface area contributed by atoms with Gasteiger partial charge in [-0.1, -0.05) is 104 Å². The van der Waals surface area contributed by atoms with Crippen LogP contribution < -0.4 is 9.47 Å². The molecular weight excluding hydrogens is 1730 g/mol. The minimum atomic E-state index is -1.12. The summed E-state index contributed by atoms with van der Waals surface area (Å²) in [6.45, 7) is 20.5. The van der Waals surface area contributed by atoms with Gasteiger partial charge in [0, 0.05) is 69.2 Å². The molecule has 0 radical (unpaired) electrons. The van der Waals surface area contributed by atoms with E-state index in [-0.39, 0.29) is 180 Å². The van der Waals surface area contributed by atoms with Gasteiger partial charge in [0.1, 0.15) is 60.9 Å². The molecule has 0 saturated heterocycles. The summed E-state index contributed by atoms with van der Waals surface area (Å²) in [5.74, 6) is -0.979. The molecule has 20 nitrogen and oxygen atoms in total. The van der Waals surface area contributed by atoms with E-state index in [4.69, 9.17) is 47.4 Å². The van der Waals surface area contributed by atoms with Gasteiger partial charge in [0.2, 0.25) is 0 Å². The van der Waals surface area contributed by atoms with Gasteiger partial charge in [-0.05, 0) is 357 Å². The number of benzene rings is 8. The van der Waals surface area contributed by atoms with Crippen LogP contribution in [0.25, 0.3) is 0 Å². The number of aromatic hydroxyl groups is 4. The minimum absolute atomic E-state index is 0.0236. The van der Waals surface area contributed by atoms with Crippen LogP contribution >= 0.6 is 0 Å². The number of hydrogen-bond acceptors (Lipinski definition) is 20. The van der Waals surface area contributed by atoms with Crippen LogP contribution in [-0.2, 0) is 51.1 Å². The average Bonchev–Trinajstić information content (AvgIpc) is 0.723. The monoisotopic (exact) mass is 1860 g/mol. The minimum Gasteiger partial charge on any atom is -0.508 e. The third-order valence-electron chi connectivity index (χ3n) is 37.4. The van der Waals surface area contributed by atoms with Gasteiger partial charge in [0.05, 0.1) is 98.0 Å². The van der Waals surface area contributed by atoms with E-state index in [1.54, 1.807) is 121 Å². The first-order valence-electron chi connectivity index (χ1n) is 51.1. The maximum atomic E-state index is 14.7. The van der Waals surface area contributed by atoms with Crippen molar-refractivity contribution in [3.8, 4) is 34.5 Å². The third-order valence-corrected chi connectivity index (χ3v) is 37.4. The van der Waals surface area contributed by atoms with E-state index in [1.807, 2.05) is 6.92 Å². The second-order valence-corrected chi connectivity index (χ2v) is 46.8. The average molecular weight is 1860 g/mol. The first-order chi connectivity index (χ1) is 65.6. The number of aliphatic hydroxyl groups is 2. The van der Waals surface area contributed by atoms with Crippen LogP contribution in [-0.4, -0.2) is 143 Å². The van der Waals surface area contributed by atoms with Gasteiger partial charge in [-0.3, -0.25) is 0 Å². The van der Waals surface area contributed by atoms with Crippen LogP contribution in [0.15, 0.2) is 146 Å². The van der Waals surface area contributed by atoms with E-state index in [9.17, 15) is 49.8 Å². The zero-order valence-corrected chi connectivity index (χ0v) is 81.6. The molecule has 0 aliphatic heterocycles. The fourth-order valence-corrected chi connectivity index (χ4v) is 32.4. The number of methoxy groups -OCH3 is 2. The van der Waals surface area contributed by atoms with Crippen molar-refractivity contribution in [3.63, 3.8) is 0 Å². The Labute approximate surface area is 805 Å². The summed E-state index contributed by atoms with van der Waals surface area (Å²) in [5, 5.41) is 77.3. The zero-order valence-electron chi connectivity index (χ0n) is 81.6. The number of fused-ring (bicyclic) bond motifs is 8. The van der Waals surface area contributed by atoms with Gasteiger partial charge in [0.15, 0.2) is 0 Å². The number of rotatable bonds is 28. The summed E-state index contributed by atoms with van der Waals surface area (Å²) in [6, 6.07) is 40.7. The molecule has 137 heavy (non-hydrogen) atoms. The summed E-state index contributed by atoms with van der Waals surface area (Å²) >= 11 is 0. The lowest BCUT2D eigenvalue weighted by molar-refractivity contribution is -0.241. The second kappa shape index (κ2) is 35.5. The molecule has 0 heterocycles. The number of aliphatic hydroxyl groups excluding tert-OH is 2. The van der Waals surface area contributed by atoms with Crippen LogP contribution in [0.3, 0.4) is 0 Å². The van der Waals surface area contributed by atoms with Crippen LogP contribution in [0.2, 0.25) is 0 Å². The van der Waals surface area contributed by atoms with Crippen molar-refractivity contribution in [2.24, 2.45) is 92.7 Å². The van der Waals surface area contributed by atoms with E-state index >= 15 is 0 Å². The lowest BCUT2D eigenvalue weighted by Gasteiger charge is -2.64. The molecule has 0 aromatic heterocycles. The van der Waals surface area contributed by atoms with Gasteiger partial charge >= 0.3 is 23.9 Å². The first kappa shape index (κ1) is 93.5. The molecule has 17 aliphatic rings. The molecular formula is C117H138O20. The molecule has 8 aromatic rings. The lowest BCUT2D eigenvalue weighted by atomic mass is 9.45. The quantitative estimate of drug-likeness (QED) is 0.0151. The summed E-state index contributed by atoms with van der Waals surface area (Å²) in [7, 11) is 2.96. The van der Waals surface area contributed by atoms with Crippen molar-refractivity contribution in [1.29, 1.82) is 0 Å². The van der Waals surface area contributed by atoms with Crippen molar-refractivity contribution < 1.29 is 97.2 Å². The Balaban J connectivity index is 0.680. The first-order valence-corrected chi connectivity index (χ1v) is 51.1. The van der Waals surface area contributed by atoms with Gasteiger partial charge in [-0.2, -0.15) is 0 Å². The topological polar surface area (TPSA) is 282 Å². The number of hydrogen-bond donors (Lipinski definition) is 6. The Bertz CT molecular complexity index is 5850. The summed E-state index contributed by atoms with van der Waals surface area (Å²) in [6.07, 6.45) is 22.3. The Morgan fingerprint density at radius 1 is 0.328 bits per heavy atom. The predicted molar refractivity (Wildman–Crippen MR) is 517 cm³/mol. The maximum Gasteiger partial charge on any atom is 0.338 e. The molecule has 25 atom stereocenters. The van der Waals surface area contributed by atoms with Gasteiger partial charge in [-0.15, -0.1) is 0 Å². The molecule has 8 aromatic carbocycles. The van der Waals surface area contributed by atoms with Gasteiger partial charge < -0.3 is 78.0 Å². The standard InChI is InChI=1S/C117H138O20/c1-65(137-117-53-73-37-85(69(117)5)57-113(9,49-73)64-117)60-133-109(127)81-26-18-77(19-27-81)105-93-43-95(101(129-11)45-99(93)123)104(76-16-24-80(25-17-76)108(126)132-30-33-136-116-52-72-36-84(68(116)4)56-112(8,48-72)63-116)91-41-89(87(59-119)39-97(91)121)102(74-12-20-78(21-13-74)106(124)130-28-31-134-114-50-70-34-82(66(114)2)54-110(6,46-70)61-114)90-40-88(86(58-118)38-96(90)120)103(92-42-94(105)100(128-10)44-98(92)122)75-14-22-79(23-15-75)107(125)131-29-32-135-115-51-71-35-83(67(115)3)55-111(7,47-71)62-115/h12-27,38-45,65-73,82-85,102-105,118-123H,28-37,46-64H2,1-11H3. The highest BCUT2D eigenvalue weighted by atomic mass is 16.6. The van der Waals surface area contributed by atoms with E-state index in [2.05, 4.69) is 55.4 Å². The van der Waals surface area contributed by atoms with Crippen LogP contribution in [0.1, 0.15) is 334 Å². The fourth-order valence-electron chi connectivity index (χ4n) is 32.4. The SMILES string of the molecule is COc1cc(O)c2cc1C(c1ccc(C(=O)OCC(C)OC34CC5CC(CC(C)(C5)C3)C4C)cc1)c1cc(c(OC)cc1O)C(c1ccc(C(=O)OCCOC34CC5CC(CC(C)(C5)C3)C4C)cc1)c1cc(c(CO)cc1O)C(c1ccc(C(=O)OCCOC34CC5CC(CC(C)(C5)C3)C4C)cc1)c1cc(c(CO)cc1O)C2c1ccc(C(=O)OCCOC23CC4CC(CC(C)(C4)C2)C3C)cc1. The largest absolute Gasteiger partial charge is 0.508 e. The summed E-state index contributed by atoms with van der Waals surface area (Å²) in [4.78, 5) is 58.2. The maximum absolute atomic E-state index is 14.7.